The second-order valence-corrected chi connectivity index (χ2v) is 3.01. The molecule has 74 valence electrons. The molecule has 1 aliphatic heterocycles. The van der Waals surface area contributed by atoms with Crippen LogP contribution in [0.15, 0.2) is 0 Å². The molecule has 0 bridgehead atoms. The van der Waals surface area contributed by atoms with Crippen LogP contribution in [-0.2, 0) is 4.79 Å². The van der Waals surface area contributed by atoms with Crippen molar-refractivity contribution in [1.29, 1.82) is 0 Å². The maximum Gasteiger partial charge on any atom is 0.408 e. The first-order valence-corrected chi connectivity index (χ1v) is 3.96. The quantitative estimate of drug-likeness (QED) is 0.549. The predicted molar refractivity (Wildman–Crippen MR) is 43.3 cm³/mol. The van der Waals surface area contributed by atoms with Crippen molar-refractivity contribution >= 4 is 12.1 Å². The Bertz CT molecular complexity index is 231. The molecule has 1 saturated heterocycles. The Morgan fingerprint density at radius 1 is 1.46 bits per heavy atom. The second kappa shape index (κ2) is 3.61. The van der Waals surface area contributed by atoms with Crippen molar-refractivity contribution in [3.8, 4) is 0 Å². The van der Waals surface area contributed by atoms with Gasteiger partial charge in [-0.25, -0.2) is 4.79 Å². The third-order valence-corrected chi connectivity index (χ3v) is 2.23. The van der Waals surface area contributed by atoms with E-state index in [0.717, 1.165) is 4.90 Å². The van der Waals surface area contributed by atoms with Crippen molar-refractivity contribution in [3.05, 3.63) is 0 Å². The highest BCUT2D eigenvalue weighted by atomic mass is 16.4. The van der Waals surface area contributed by atoms with E-state index in [2.05, 4.69) is 5.32 Å². The van der Waals surface area contributed by atoms with Crippen molar-refractivity contribution in [1.82, 2.24) is 10.2 Å². The summed E-state index contributed by atoms with van der Waals surface area (Å²) in [7, 11) is 1.62. The summed E-state index contributed by atoms with van der Waals surface area (Å²) < 4.78 is 0. The van der Waals surface area contributed by atoms with Gasteiger partial charge in [-0.2, -0.15) is 0 Å². The first-order chi connectivity index (χ1) is 6.06. The molecule has 1 fully saturated rings. The molecule has 2 atom stereocenters. The Kier molecular flexibility index (Phi) is 2.72. The molecule has 0 spiro atoms. The van der Waals surface area contributed by atoms with Crippen LogP contribution < -0.4 is 5.32 Å². The number of nitrogens with one attached hydrogen (secondary N) is 1. The number of nitrogens with zero attached hydrogens (tertiary/aromatic N) is 1. The van der Waals surface area contributed by atoms with E-state index in [1.54, 1.807) is 7.05 Å². The highest BCUT2D eigenvalue weighted by Crippen LogP contribution is 2.21. The minimum absolute atomic E-state index is 0.0656. The van der Waals surface area contributed by atoms with Crippen LogP contribution in [0.2, 0.25) is 0 Å². The van der Waals surface area contributed by atoms with Crippen LogP contribution in [0.3, 0.4) is 0 Å². The average Bonchev–Trinajstić information content (AvgIpc) is 2.47. The van der Waals surface area contributed by atoms with Crippen LogP contribution in [-0.4, -0.2) is 46.9 Å². The number of amides is 1. The summed E-state index contributed by atoms with van der Waals surface area (Å²) in [4.78, 5) is 22.3. The molecule has 13 heavy (non-hydrogen) atoms. The van der Waals surface area contributed by atoms with E-state index in [-0.39, 0.29) is 12.7 Å². The number of likely N-dealkylation sites (tertiary alicyclic amines) is 1. The van der Waals surface area contributed by atoms with Gasteiger partial charge in [0, 0.05) is 6.54 Å². The van der Waals surface area contributed by atoms with E-state index >= 15 is 0 Å². The monoisotopic (exact) mass is 188 g/mol. The first kappa shape index (κ1) is 9.79. The lowest BCUT2D eigenvalue weighted by Gasteiger charge is -2.19. The summed E-state index contributed by atoms with van der Waals surface area (Å²) in [6.07, 6.45) is -1.13. The van der Waals surface area contributed by atoms with Crippen LogP contribution in [0.5, 0.6) is 0 Å². The number of hydrogen-bond acceptors (Lipinski definition) is 3. The summed E-state index contributed by atoms with van der Waals surface area (Å²) in [5.74, 6) is -1.53. The Morgan fingerprint density at radius 2 is 2.08 bits per heavy atom. The first-order valence-electron chi connectivity index (χ1n) is 3.96. The smallest absolute Gasteiger partial charge is 0.408 e. The van der Waals surface area contributed by atoms with Crippen molar-refractivity contribution < 1.29 is 19.8 Å². The Labute approximate surface area is 75.1 Å². The van der Waals surface area contributed by atoms with E-state index in [4.69, 9.17) is 10.2 Å². The number of hydrogen-bond donors (Lipinski definition) is 3. The summed E-state index contributed by atoms with van der Waals surface area (Å²) >= 11 is 0. The average molecular weight is 188 g/mol. The predicted octanol–water partition coefficient (Wildman–Crippen LogP) is -0.384. The molecular formula is C7H12N2O4. The maximum absolute atomic E-state index is 10.6. The molecule has 0 radical (unpaired) electrons. The van der Waals surface area contributed by atoms with Gasteiger partial charge in [-0.3, -0.25) is 9.69 Å². The molecule has 0 saturated carbocycles. The van der Waals surface area contributed by atoms with Gasteiger partial charge >= 0.3 is 12.1 Å². The van der Waals surface area contributed by atoms with E-state index < -0.39 is 18.0 Å². The van der Waals surface area contributed by atoms with Gasteiger partial charge in [0.15, 0.2) is 0 Å². The Balaban J connectivity index is 2.66. The van der Waals surface area contributed by atoms with Gasteiger partial charge in [0.2, 0.25) is 0 Å². The molecule has 3 N–H and O–H groups in total. The van der Waals surface area contributed by atoms with Gasteiger partial charge in [-0.1, -0.05) is 0 Å². The van der Waals surface area contributed by atoms with Gasteiger partial charge in [0.05, 0.1) is 12.1 Å². The van der Waals surface area contributed by atoms with Crippen LogP contribution in [0.4, 0.5) is 4.79 Å². The third-order valence-electron chi connectivity index (χ3n) is 2.23. The van der Waals surface area contributed by atoms with E-state index in [1.807, 2.05) is 0 Å². The van der Waals surface area contributed by atoms with Gasteiger partial charge in [-0.05, 0) is 13.5 Å². The van der Waals surface area contributed by atoms with Gasteiger partial charge in [0.25, 0.3) is 0 Å². The lowest BCUT2D eigenvalue weighted by molar-refractivity contribution is -0.141. The molecule has 0 aromatic rings. The summed E-state index contributed by atoms with van der Waals surface area (Å²) in [6.45, 7) is 0.0656. The molecule has 1 amide bonds. The molecule has 0 aromatic carbocycles. The fraction of sp³-hybridized carbons (Fsp3) is 0.714. The molecule has 0 aliphatic carbocycles. The summed E-state index contributed by atoms with van der Waals surface area (Å²) in [5.41, 5.74) is 0. The van der Waals surface area contributed by atoms with Crippen molar-refractivity contribution in [3.63, 3.8) is 0 Å². The van der Waals surface area contributed by atoms with Crippen LogP contribution >= 0.6 is 0 Å². The van der Waals surface area contributed by atoms with E-state index in [0.29, 0.717) is 6.42 Å². The third kappa shape index (κ3) is 1.89. The molecule has 0 aromatic heterocycles. The minimum atomic E-state index is -1.08. The summed E-state index contributed by atoms with van der Waals surface area (Å²) in [6, 6.07) is 0. The highest BCUT2D eigenvalue weighted by Gasteiger charge is 2.37. The van der Waals surface area contributed by atoms with Crippen LogP contribution in [0, 0.1) is 5.92 Å². The standard InChI is InChI=1S/C7H12N2O4/c1-8-5-2-4(6(10)11)3-9(5)7(12)13/h4-5,8H,2-3H2,1H3,(H,10,11)(H,12,13)/t4-,5+/m1/s1. The Hall–Kier alpha value is -1.30. The molecule has 6 nitrogen and oxygen atoms in total. The van der Waals surface area contributed by atoms with Crippen LogP contribution in [0.25, 0.3) is 0 Å². The van der Waals surface area contributed by atoms with Gasteiger partial charge in [-0.15, -0.1) is 0 Å². The zero-order valence-corrected chi connectivity index (χ0v) is 7.23. The molecule has 1 heterocycles. The molecule has 1 rings (SSSR count). The normalized spacial score (nSPS) is 27.6. The fourth-order valence-electron chi connectivity index (χ4n) is 1.50. The number of carboxylic acid groups (broad SMARTS) is 2. The molecular weight excluding hydrogens is 176 g/mol. The van der Waals surface area contributed by atoms with Gasteiger partial charge in [0.1, 0.15) is 0 Å². The zero-order chi connectivity index (χ0) is 10.0. The fourth-order valence-corrected chi connectivity index (χ4v) is 1.50. The van der Waals surface area contributed by atoms with E-state index in [9.17, 15) is 9.59 Å². The lowest BCUT2D eigenvalue weighted by atomic mass is 10.1. The van der Waals surface area contributed by atoms with Crippen molar-refractivity contribution in [2.75, 3.05) is 13.6 Å². The topological polar surface area (TPSA) is 89.9 Å². The number of carbonyl (C=O) groups is 2. The zero-order valence-electron chi connectivity index (χ0n) is 7.23. The molecule has 1 aliphatic rings. The number of carboxylic acids is 1. The maximum atomic E-state index is 10.6. The molecule has 0 unspecified atom stereocenters. The Morgan fingerprint density at radius 3 is 2.38 bits per heavy atom. The number of aliphatic carboxylic acids is 1. The van der Waals surface area contributed by atoms with E-state index in [1.165, 1.54) is 0 Å². The molecule has 6 heteroatoms. The van der Waals surface area contributed by atoms with Crippen molar-refractivity contribution in [2.24, 2.45) is 5.92 Å². The van der Waals surface area contributed by atoms with Gasteiger partial charge < -0.3 is 15.5 Å². The largest absolute Gasteiger partial charge is 0.481 e. The second-order valence-electron chi connectivity index (χ2n) is 3.01. The number of rotatable bonds is 2. The van der Waals surface area contributed by atoms with Crippen LogP contribution in [0.1, 0.15) is 6.42 Å². The minimum Gasteiger partial charge on any atom is -0.481 e. The highest BCUT2D eigenvalue weighted by molar-refractivity contribution is 5.73. The van der Waals surface area contributed by atoms with Crippen molar-refractivity contribution in [2.45, 2.75) is 12.6 Å². The summed E-state index contributed by atoms with van der Waals surface area (Å²) in [5, 5.41) is 20.1. The SMILES string of the molecule is CN[C@@H]1C[C@@H](C(=O)O)CN1C(=O)O. The lowest BCUT2D eigenvalue weighted by Crippen LogP contribution is -2.42.